The van der Waals surface area contributed by atoms with Gasteiger partial charge in [-0.25, -0.2) is 0 Å². The zero-order chi connectivity index (χ0) is 21.3. The lowest BCUT2D eigenvalue weighted by atomic mass is 9.99. The van der Waals surface area contributed by atoms with Gasteiger partial charge in [-0.15, -0.1) is 0 Å². The molecule has 0 radical (unpaired) electrons. The van der Waals surface area contributed by atoms with Crippen molar-refractivity contribution in [1.82, 2.24) is 4.90 Å². The van der Waals surface area contributed by atoms with E-state index in [0.717, 1.165) is 36.8 Å². The number of anilines is 1. The molecule has 0 aliphatic carbocycles. The van der Waals surface area contributed by atoms with Crippen molar-refractivity contribution in [2.24, 2.45) is 5.92 Å². The lowest BCUT2D eigenvalue weighted by Crippen LogP contribution is -2.35. The molecule has 0 spiro atoms. The highest BCUT2D eigenvalue weighted by atomic mass is 35.5. The van der Waals surface area contributed by atoms with Gasteiger partial charge in [0.15, 0.2) is 11.5 Å². The minimum absolute atomic E-state index is 0.0818. The second-order valence-electron chi connectivity index (χ2n) is 8.26. The molecule has 4 rings (SSSR count). The fourth-order valence-electron chi connectivity index (χ4n) is 4.39. The monoisotopic (exact) mass is 428 g/mol. The lowest BCUT2D eigenvalue weighted by molar-refractivity contribution is 0.0992. The maximum Gasteiger partial charge on any atom is 0.260 e. The van der Waals surface area contributed by atoms with Gasteiger partial charge in [0.1, 0.15) is 6.61 Å². The average molecular weight is 429 g/mol. The molecular formula is C24H29ClN2O3. The number of hydrogen-bond donors (Lipinski definition) is 0. The van der Waals surface area contributed by atoms with E-state index in [1.54, 1.807) is 18.1 Å². The van der Waals surface area contributed by atoms with Crippen molar-refractivity contribution >= 4 is 23.2 Å². The number of nitrogens with zero attached hydrogens (tertiary/aromatic N) is 2. The van der Waals surface area contributed by atoms with E-state index in [2.05, 4.69) is 11.8 Å². The molecule has 30 heavy (non-hydrogen) atoms. The maximum absolute atomic E-state index is 13.1. The highest BCUT2D eigenvalue weighted by Gasteiger charge is 2.36. The summed E-state index contributed by atoms with van der Waals surface area (Å²) < 4.78 is 11.6. The number of rotatable bonds is 6. The van der Waals surface area contributed by atoms with Gasteiger partial charge in [0.25, 0.3) is 5.91 Å². The van der Waals surface area contributed by atoms with Crippen LogP contribution in [0.3, 0.4) is 0 Å². The van der Waals surface area contributed by atoms with Gasteiger partial charge in [-0.3, -0.25) is 9.69 Å². The Bertz CT molecular complexity index is 925. The third-order valence-corrected chi connectivity index (χ3v) is 6.60. The molecule has 5 nitrogen and oxygen atoms in total. The van der Waals surface area contributed by atoms with Crippen molar-refractivity contribution in [2.75, 3.05) is 38.3 Å². The van der Waals surface area contributed by atoms with Crippen LogP contribution in [0.5, 0.6) is 11.5 Å². The quantitative estimate of drug-likeness (QED) is 0.635. The minimum Gasteiger partial charge on any atom is -0.493 e. The van der Waals surface area contributed by atoms with E-state index in [0.29, 0.717) is 28.7 Å². The Labute approximate surface area is 183 Å². The van der Waals surface area contributed by atoms with E-state index < -0.39 is 0 Å². The summed E-state index contributed by atoms with van der Waals surface area (Å²) in [5.74, 6) is 2.06. The van der Waals surface area contributed by atoms with Gasteiger partial charge in [-0.1, -0.05) is 30.7 Å². The number of benzene rings is 2. The van der Waals surface area contributed by atoms with Crippen molar-refractivity contribution in [2.45, 2.75) is 32.7 Å². The molecule has 0 saturated carbocycles. The fraction of sp³-hybridized carbons (Fsp3) is 0.458. The molecule has 2 aromatic rings. The Morgan fingerprint density at radius 3 is 2.57 bits per heavy atom. The molecule has 1 unspecified atom stereocenters. The summed E-state index contributed by atoms with van der Waals surface area (Å²) in [5.41, 5.74) is 2.32. The van der Waals surface area contributed by atoms with Crippen molar-refractivity contribution in [3.05, 3.63) is 52.5 Å². The van der Waals surface area contributed by atoms with Crippen LogP contribution in [0.15, 0.2) is 36.4 Å². The second kappa shape index (κ2) is 8.86. The summed E-state index contributed by atoms with van der Waals surface area (Å²) >= 11 is 6.32. The van der Waals surface area contributed by atoms with Crippen molar-refractivity contribution in [1.29, 1.82) is 0 Å². The van der Waals surface area contributed by atoms with Crippen LogP contribution >= 0.6 is 11.6 Å². The number of likely N-dealkylation sites (tertiary alicyclic amines) is 1. The fourth-order valence-corrected chi connectivity index (χ4v) is 4.65. The van der Waals surface area contributed by atoms with Gasteiger partial charge in [0.05, 0.1) is 23.7 Å². The normalized spacial score (nSPS) is 19.8. The van der Waals surface area contributed by atoms with E-state index >= 15 is 0 Å². The Balaban J connectivity index is 1.50. The number of fused-ring (bicyclic) bond motifs is 1. The number of carbonyl (C=O) groups excluding carboxylic acids is 1. The summed E-state index contributed by atoms with van der Waals surface area (Å²) in [7, 11) is 1.63. The number of halogens is 1. The van der Waals surface area contributed by atoms with E-state index in [1.165, 1.54) is 12.8 Å². The first kappa shape index (κ1) is 21.0. The smallest absolute Gasteiger partial charge is 0.260 e. The SMILES string of the molecule is COc1ccc(N2C(=O)c3c(Cl)cccc3C2C)cc1OCCN1CCC(C)CC1. The van der Waals surface area contributed by atoms with Crippen molar-refractivity contribution < 1.29 is 14.3 Å². The molecule has 1 amide bonds. The number of ether oxygens (including phenoxy) is 2. The standard InChI is InChI=1S/C24H29ClN2O3/c1-16-9-11-26(12-10-16)13-14-30-22-15-18(7-8-21(22)29-3)27-17(2)19-5-4-6-20(25)23(19)24(27)28/h4-8,15-17H,9-14H2,1-3H3. The molecule has 2 aliphatic heterocycles. The van der Waals surface area contributed by atoms with E-state index in [-0.39, 0.29) is 11.9 Å². The van der Waals surface area contributed by atoms with E-state index in [1.807, 2.05) is 37.3 Å². The molecule has 6 heteroatoms. The Hall–Kier alpha value is -2.24. The molecule has 0 N–H and O–H groups in total. The number of amides is 1. The van der Waals surface area contributed by atoms with Gasteiger partial charge in [0.2, 0.25) is 0 Å². The lowest BCUT2D eigenvalue weighted by Gasteiger charge is -2.30. The number of methoxy groups -OCH3 is 1. The molecule has 1 atom stereocenters. The first-order valence-corrected chi connectivity index (χ1v) is 11.0. The maximum atomic E-state index is 13.1. The van der Waals surface area contributed by atoms with Crippen molar-refractivity contribution in [3.63, 3.8) is 0 Å². The predicted molar refractivity (Wildman–Crippen MR) is 120 cm³/mol. The molecule has 160 valence electrons. The Morgan fingerprint density at radius 2 is 1.87 bits per heavy atom. The third kappa shape index (κ3) is 4.01. The van der Waals surface area contributed by atoms with Crippen molar-refractivity contribution in [3.8, 4) is 11.5 Å². The van der Waals surface area contributed by atoms with Gasteiger partial charge in [0, 0.05) is 18.3 Å². The van der Waals surface area contributed by atoms with Crippen LogP contribution in [0.25, 0.3) is 0 Å². The van der Waals surface area contributed by atoms with Crippen LogP contribution in [0.2, 0.25) is 5.02 Å². The van der Waals surface area contributed by atoms with Crippen LogP contribution in [-0.4, -0.2) is 44.2 Å². The van der Waals surface area contributed by atoms with Crippen LogP contribution in [0, 0.1) is 5.92 Å². The zero-order valence-corrected chi connectivity index (χ0v) is 18.6. The molecule has 1 saturated heterocycles. The topological polar surface area (TPSA) is 42.0 Å². The summed E-state index contributed by atoms with van der Waals surface area (Å²) in [4.78, 5) is 17.3. The highest BCUT2D eigenvalue weighted by Crippen LogP contribution is 2.42. The highest BCUT2D eigenvalue weighted by molar-refractivity contribution is 6.35. The molecule has 0 bridgehead atoms. The van der Waals surface area contributed by atoms with Gasteiger partial charge < -0.3 is 14.4 Å². The van der Waals surface area contributed by atoms with Gasteiger partial charge in [-0.2, -0.15) is 0 Å². The minimum atomic E-state index is -0.0946. The third-order valence-electron chi connectivity index (χ3n) is 6.28. The summed E-state index contributed by atoms with van der Waals surface area (Å²) in [5, 5.41) is 0.493. The number of hydrogen-bond acceptors (Lipinski definition) is 4. The van der Waals surface area contributed by atoms with E-state index in [9.17, 15) is 4.79 Å². The van der Waals surface area contributed by atoms with Gasteiger partial charge >= 0.3 is 0 Å². The molecule has 0 aromatic heterocycles. The molecule has 2 aliphatic rings. The zero-order valence-electron chi connectivity index (χ0n) is 17.9. The molecule has 1 fully saturated rings. The Kier molecular flexibility index (Phi) is 6.21. The molecule has 2 heterocycles. The molecule has 2 aromatic carbocycles. The summed E-state index contributed by atoms with van der Waals surface area (Å²) in [6.45, 7) is 8.06. The predicted octanol–water partition coefficient (Wildman–Crippen LogP) is 5.18. The number of piperidine rings is 1. The number of carbonyl (C=O) groups is 1. The van der Waals surface area contributed by atoms with Crippen LogP contribution < -0.4 is 14.4 Å². The second-order valence-corrected chi connectivity index (χ2v) is 8.67. The van der Waals surface area contributed by atoms with Crippen LogP contribution in [0.1, 0.15) is 48.7 Å². The van der Waals surface area contributed by atoms with E-state index in [4.69, 9.17) is 21.1 Å². The summed E-state index contributed by atoms with van der Waals surface area (Å²) in [6, 6.07) is 11.2. The van der Waals surface area contributed by atoms with Crippen LogP contribution in [0.4, 0.5) is 5.69 Å². The Morgan fingerprint density at radius 1 is 1.10 bits per heavy atom. The first-order chi connectivity index (χ1) is 14.5. The molecular weight excluding hydrogens is 400 g/mol. The average Bonchev–Trinajstić information content (AvgIpc) is 3.00. The largest absolute Gasteiger partial charge is 0.493 e. The summed E-state index contributed by atoms with van der Waals surface area (Å²) in [6.07, 6.45) is 2.49. The van der Waals surface area contributed by atoms with Crippen LogP contribution in [-0.2, 0) is 0 Å². The van der Waals surface area contributed by atoms with Gasteiger partial charge in [-0.05, 0) is 62.5 Å². The first-order valence-electron chi connectivity index (χ1n) is 10.6.